The molecule has 4 nitrogen and oxygen atoms in total. The van der Waals surface area contributed by atoms with E-state index >= 15 is 0 Å². The van der Waals surface area contributed by atoms with Gasteiger partial charge in [0.2, 0.25) is 0 Å². The zero-order valence-corrected chi connectivity index (χ0v) is 9.13. The molecule has 0 aromatic carbocycles. The van der Waals surface area contributed by atoms with Gasteiger partial charge in [-0.05, 0) is 18.1 Å². The molecule has 2 rings (SSSR count). The molecule has 0 bridgehead atoms. The van der Waals surface area contributed by atoms with Gasteiger partial charge >= 0.3 is 0 Å². The van der Waals surface area contributed by atoms with Gasteiger partial charge in [-0.15, -0.1) is 0 Å². The number of nitrogens with one attached hydrogen (secondary N) is 3. The quantitative estimate of drug-likeness (QED) is 0.597. The second-order valence-electron chi connectivity index (χ2n) is 4.00. The lowest BCUT2D eigenvalue weighted by Crippen LogP contribution is -2.47. The Hall–Kier alpha value is -0.840. The van der Waals surface area contributed by atoms with Crippen molar-refractivity contribution in [3.8, 4) is 0 Å². The minimum Gasteiger partial charge on any atom is -0.367 e. The van der Waals surface area contributed by atoms with Gasteiger partial charge in [0, 0.05) is 51.8 Å². The van der Waals surface area contributed by atoms with E-state index in [0.29, 0.717) is 0 Å². The Balaban J connectivity index is 1.54. The minimum absolute atomic E-state index is 1.02. The molecule has 3 N–H and O–H groups in total. The molecule has 1 aliphatic rings. The van der Waals surface area contributed by atoms with Gasteiger partial charge in [-0.2, -0.15) is 0 Å². The summed E-state index contributed by atoms with van der Waals surface area (Å²) in [6, 6.07) is 2.13. The first-order valence-corrected chi connectivity index (χ1v) is 5.70. The SMILES string of the molecule is c1cc(CCNCN2CCNCC2)c[nH]1. The zero-order valence-electron chi connectivity index (χ0n) is 9.13. The van der Waals surface area contributed by atoms with Crippen molar-refractivity contribution in [2.24, 2.45) is 0 Å². The Morgan fingerprint density at radius 3 is 2.93 bits per heavy atom. The fourth-order valence-corrected chi connectivity index (χ4v) is 1.85. The molecule has 1 aromatic heterocycles. The summed E-state index contributed by atoms with van der Waals surface area (Å²) in [6.07, 6.45) is 5.15. The molecular formula is C11H20N4. The summed E-state index contributed by atoms with van der Waals surface area (Å²) < 4.78 is 0. The van der Waals surface area contributed by atoms with E-state index in [2.05, 4.69) is 32.8 Å². The molecule has 1 fully saturated rings. The lowest BCUT2D eigenvalue weighted by molar-refractivity contribution is 0.224. The molecule has 0 saturated carbocycles. The number of hydrogen-bond acceptors (Lipinski definition) is 3. The fraction of sp³-hybridized carbons (Fsp3) is 0.636. The van der Waals surface area contributed by atoms with Gasteiger partial charge in [-0.1, -0.05) is 0 Å². The van der Waals surface area contributed by atoms with Crippen LogP contribution in [-0.2, 0) is 6.42 Å². The zero-order chi connectivity index (χ0) is 10.3. The third kappa shape index (κ3) is 3.66. The van der Waals surface area contributed by atoms with Crippen LogP contribution < -0.4 is 10.6 Å². The number of nitrogens with zero attached hydrogens (tertiary/aromatic N) is 1. The van der Waals surface area contributed by atoms with E-state index in [1.54, 1.807) is 0 Å². The maximum Gasteiger partial charge on any atom is 0.0481 e. The maximum atomic E-state index is 3.48. The van der Waals surface area contributed by atoms with E-state index in [9.17, 15) is 0 Å². The van der Waals surface area contributed by atoms with Crippen molar-refractivity contribution in [3.05, 3.63) is 24.0 Å². The van der Waals surface area contributed by atoms with Gasteiger partial charge < -0.3 is 15.6 Å². The lowest BCUT2D eigenvalue weighted by atomic mass is 10.2. The van der Waals surface area contributed by atoms with Crippen molar-refractivity contribution in [1.82, 2.24) is 20.5 Å². The van der Waals surface area contributed by atoms with E-state index in [4.69, 9.17) is 0 Å². The highest BCUT2D eigenvalue weighted by molar-refractivity contribution is 5.08. The van der Waals surface area contributed by atoms with Gasteiger partial charge in [-0.3, -0.25) is 4.90 Å². The van der Waals surface area contributed by atoms with Crippen LogP contribution in [0.3, 0.4) is 0 Å². The van der Waals surface area contributed by atoms with Crippen LogP contribution in [0.1, 0.15) is 5.56 Å². The van der Waals surface area contributed by atoms with Gasteiger partial charge in [0.15, 0.2) is 0 Å². The Morgan fingerprint density at radius 2 is 2.20 bits per heavy atom. The third-order valence-corrected chi connectivity index (χ3v) is 2.80. The second-order valence-corrected chi connectivity index (χ2v) is 4.00. The summed E-state index contributed by atoms with van der Waals surface area (Å²) >= 11 is 0. The van der Waals surface area contributed by atoms with Crippen LogP contribution in [0.15, 0.2) is 18.5 Å². The van der Waals surface area contributed by atoms with E-state index in [1.165, 1.54) is 5.56 Å². The molecule has 0 aliphatic carbocycles. The average Bonchev–Trinajstić information content (AvgIpc) is 2.79. The van der Waals surface area contributed by atoms with Gasteiger partial charge in [0.25, 0.3) is 0 Å². The highest BCUT2D eigenvalue weighted by atomic mass is 15.2. The summed E-state index contributed by atoms with van der Waals surface area (Å²) in [5, 5.41) is 6.83. The Labute approximate surface area is 91.0 Å². The van der Waals surface area contributed by atoms with Crippen molar-refractivity contribution in [2.45, 2.75) is 6.42 Å². The summed E-state index contributed by atoms with van der Waals surface area (Å²) in [4.78, 5) is 5.53. The van der Waals surface area contributed by atoms with Crippen LogP contribution in [0.5, 0.6) is 0 Å². The molecule has 0 unspecified atom stereocenters. The monoisotopic (exact) mass is 208 g/mol. The van der Waals surface area contributed by atoms with E-state index in [1.807, 2.05) is 6.20 Å². The largest absolute Gasteiger partial charge is 0.367 e. The highest BCUT2D eigenvalue weighted by Gasteiger charge is 2.07. The molecule has 0 radical (unpaired) electrons. The van der Waals surface area contributed by atoms with E-state index in [-0.39, 0.29) is 0 Å². The Morgan fingerprint density at radius 1 is 1.33 bits per heavy atom. The number of H-pyrrole nitrogens is 1. The number of aromatic nitrogens is 1. The average molecular weight is 208 g/mol. The second kappa shape index (κ2) is 5.90. The molecule has 1 aliphatic heterocycles. The molecule has 0 amide bonds. The Kier molecular flexibility index (Phi) is 4.20. The highest BCUT2D eigenvalue weighted by Crippen LogP contribution is 1.96. The molecule has 15 heavy (non-hydrogen) atoms. The predicted octanol–water partition coefficient (Wildman–Crippen LogP) is 0.00950. The van der Waals surface area contributed by atoms with Crippen LogP contribution >= 0.6 is 0 Å². The van der Waals surface area contributed by atoms with Crippen molar-refractivity contribution in [2.75, 3.05) is 39.4 Å². The maximum absolute atomic E-state index is 3.48. The molecule has 1 saturated heterocycles. The predicted molar refractivity (Wildman–Crippen MR) is 61.8 cm³/mol. The van der Waals surface area contributed by atoms with Crippen molar-refractivity contribution in [3.63, 3.8) is 0 Å². The van der Waals surface area contributed by atoms with Crippen LogP contribution in [0.4, 0.5) is 0 Å². The molecule has 0 atom stereocenters. The summed E-state index contributed by atoms with van der Waals surface area (Å²) in [5.41, 5.74) is 1.38. The van der Waals surface area contributed by atoms with Crippen LogP contribution in [0.2, 0.25) is 0 Å². The smallest absolute Gasteiger partial charge is 0.0481 e. The molecular weight excluding hydrogens is 188 g/mol. The first-order valence-electron chi connectivity index (χ1n) is 5.70. The summed E-state index contributed by atoms with van der Waals surface area (Å²) in [5.74, 6) is 0. The van der Waals surface area contributed by atoms with Crippen molar-refractivity contribution < 1.29 is 0 Å². The van der Waals surface area contributed by atoms with Crippen LogP contribution in [-0.4, -0.2) is 49.3 Å². The Bertz CT molecular complexity index is 252. The van der Waals surface area contributed by atoms with E-state index in [0.717, 1.165) is 45.8 Å². The summed E-state index contributed by atoms with van der Waals surface area (Å²) in [7, 11) is 0. The fourth-order valence-electron chi connectivity index (χ4n) is 1.85. The first-order chi connectivity index (χ1) is 7.45. The molecule has 2 heterocycles. The molecule has 4 heteroatoms. The normalized spacial score (nSPS) is 18.1. The van der Waals surface area contributed by atoms with Crippen molar-refractivity contribution >= 4 is 0 Å². The number of hydrogen-bond donors (Lipinski definition) is 3. The van der Waals surface area contributed by atoms with Gasteiger partial charge in [0.05, 0.1) is 0 Å². The van der Waals surface area contributed by atoms with Gasteiger partial charge in [0.1, 0.15) is 0 Å². The number of piperazine rings is 1. The van der Waals surface area contributed by atoms with Crippen molar-refractivity contribution in [1.29, 1.82) is 0 Å². The molecule has 1 aromatic rings. The topological polar surface area (TPSA) is 43.1 Å². The first kappa shape index (κ1) is 10.7. The molecule has 0 spiro atoms. The summed E-state index contributed by atoms with van der Waals surface area (Å²) in [6.45, 7) is 6.65. The lowest BCUT2D eigenvalue weighted by Gasteiger charge is -2.27. The third-order valence-electron chi connectivity index (χ3n) is 2.80. The van der Waals surface area contributed by atoms with Crippen LogP contribution in [0, 0.1) is 0 Å². The standard InChI is InChI=1S/C11H20N4/c1-3-13-9-11(1)2-4-14-10-15-7-5-12-6-8-15/h1,3,9,12-14H,2,4-8,10H2. The minimum atomic E-state index is 1.02. The van der Waals surface area contributed by atoms with Gasteiger partial charge in [-0.25, -0.2) is 0 Å². The van der Waals surface area contributed by atoms with Crippen LogP contribution in [0.25, 0.3) is 0 Å². The number of aromatic amines is 1. The molecule has 84 valence electrons. The number of rotatable bonds is 5. The van der Waals surface area contributed by atoms with E-state index < -0.39 is 0 Å².